The number of carboxylic acid groups (broad SMARTS) is 1. The maximum absolute atomic E-state index is 12.4. The van der Waals surface area contributed by atoms with Gasteiger partial charge in [0.25, 0.3) is 0 Å². The number of ether oxygens (including phenoxy) is 3. The zero-order valence-electron chi connectivity index (χ0n) is 17.1. The van der Waals surface area contributed by atoms with Crippen molar-refractivity contribution in [1.29, 1.82) is 0 Å². The largest absolute Gasteiger partial charge is 0.494 e. The van der Waals surface area contributed by atoms with Gasteiger partial charge >= 0.3 is 24.1 Å². The van der Waals surface area contributed by atoms with Crippen LogP contribution in [0.5, 0.6) is 11.5 Å². The maximum atomic E-state index is 12.4. The average molecular weight is 454 g/mol. The molecule has 0 bridgehead atoms. The number of esters is 2. The molecule has 0 saturated carbocycles. The summed E-state index contributed by atoms with van der Waals surface area (Å²) in [6, 6.07) is 11.5. The lowest BCUT2D eigenvalue weighted by atomic mass is 10.2. The van der Waals surface area contributed by atoms with Crippen molar-refractivity contribution in [3.8, 4) is 11.5 Å². The van der Waals surface area contributed by atoms with Gasteiger partial charge in [0.05, 0.1) is 24.3 Å². The molecule has 172 valence electrons. The van der Waals surface area contributed by atoms with Gasteiger partial charge in [-0.1, -0.05) is 0 Å². The number of hydrogen-bond donors (Lipinski definition) is 1. The van der Waals surface area contributed by atoms with Gasteiger partial charge in [-0.15, -0.1) is 0 Å². The number of unbranched alkanes of at least 4 members (excludes halogenated alkanes) is 1. The van der Waals surface area contributed by atoms with Crippen LogP contribution in [0.1, 0.15) is 40.5 Å². The van der Waals surface area contributed by atoms with Crippen LogP contribution >= 0.6 is 0 Å². The Hall–Kier alpha value is -3.56. The molecule has 7 nitrogen and oxygen atoms in total. The summed E-state index contributed by atoms with van der Waals surface area (Å²) in [5, 5.41) is 8.86. The van der Waals surface area contributed by atoms with E-state index in [0.29, 0.717) is 18.6 Å². The summed E-state index contributed by atoms with van der Waals surface area (Å²) in [6.45, 7) is 0.854. The van der Waals surface area contributed by atoms with E-state index in [0.717, 1.165) is 6.92 Å². The van der Waals surface area contributed by atoms with E-state index in [4.69, 9.17) is 14.6 Å². The Balaban J connectivity index is 1.71. The number of rotatable bonds is 10. The first-order valence-corrected chi connectivity index (χ1v) is 9.59. The molecule has 32 heavy (non-hydrogen) atoms. The van der Waals surface area contributed by atoms with Crippen molar-refractivity contribution in [1.82, 2.24) is 0 Å². The van der Waals surface area contributed by atoms with Crippen molar-refractivity contribution < 1.29 is 46.9 Å². The lowest BCUT2D eigenvalue weighted by Gasteiger charge is -2.14. The molecule has 2 aromatic rings. The zero-order chi connectivity index (χ0) is 23.7. The molecule has 2 rings (SSSR count). The molecule has 0 fully saturated rings. The molecule has 2 aromatic carbocycles. The van der Waals surface area contributed by atoms with E-state index >= 15 is 0 Å². The number of carboxylic acids is 1. The molecule has 0 aromatic heterocycles. The van der Waals surface area contributed by atoms with Gasteiger partial charge in [-0.3, -0.25) is 4.79 Å². The quantitative estimate of drug-likeness (QED) is 0.320. The lowest BCUT2D eigenvalue weighted by Crippen LogP contribution is -2.29. The molecule has 0 amide bonds. The fourth-order valence-corrected chi connectivity index (χ4v) is 2.34. The molecule has 1 atom stereocenters. The van der Waals surface area contributed by atoms with Crippen molar-refractivity contribution in [2.24, 2.45) is 5.92 Å². The van der Waals surface area contributed by atoms with Crippen LogP contribution in [-0.2, 0) is 9.53 Å². The van der Waals surface area contributed by atoms with E-state index in [2.05, 4.69) is 4.74 Å². The number of carbonyl (C=O) groups is 3. The standard InChI is InChI=1S/C22H21F3O7/c1-14(22(23,24)25)20(28)31-13-3-2-12-30-17-8-6-16(7-9-17)21(29)32-18-10-4-15(5-11-18)19(26)27/h4-11,14H,2-3,12-13H2,1H3,(H,26,27). The molecule has 0 radical (unpaired) electrons. The summed E-state index contributed by atoms with van der Waals surface area (Å²) >= 11 is 0. The number of carbonyl (C=O) groups excluding carboxylic acids is 2. The third kappa shape index (κ3) is 7.60. The van der Waals surface area contributed by atoms with Crippen LogP contribution < -0.4 is 9.47 Å². The highest BCUT2D eigenvalue weighted by Gasteiger charge is 2.42. The highest BCUT2D eigenvalue weighted by molar-refractivity contribution is 5.91. The first-order chi connectivity index (χ1) is 15.1. The highest BCUT2D eigenvalue weighted by atomic mass is 19.4. The second-order valence-corrected chi connectivity index (χ2v) is 6.73. The second-order valence-electron chi connectivity index (χ2n) is 6.73. The van der Waals surface area contributed by atoms with Crippen molar-refractivity contribution in [2.75, 3.05) is 13.2 Å². The molecule has 1 N–H and O–H groups in total. The van der Waals surface area contributed by atoms with E-state index in [-0.39, 0.29) is 30.1 Å². The monoisotopic (exact) mass is 454 g/mol. The number of halogens is 3. The minimum atomic E-state index is -4.62. The summed E-state index contributed by atoms with van der Waals surface area (Å²) in [7, 11) is 0. The van der Waals surface area contributed by atoms with Gasteiger partial charge in [-0.05, 0) is 68.3 Å². The summed E-state index contributed by atoms with van der Waals surface area (Å²) in [4.78, 5) is 34.2. The zero-order valence-corrected chi connectivity index (χ0v) is 17.1. The van der Waals surface area contributed by atoms with Crippen LogP contribution in [0.4, 0.5) is 13.2 Å². The van der Waals surface area contributed by atoms with E-state index in [1.165, 1.54) is 36.4 Å². The molecule has 0 aliphatic heterocycles. The van der Waals surface area contributed by atoms with E-state index in [1.54, 1.807) is 12.1 Å². The fraction of sp³-hybridized carbons (Fsp3) is 0.318. The highest BCUT2D eigenvalue weighted by Crippen LogP contribution is 2.26. The third-order valence-electron chi connectivity index (χ3n) is 4.30. The lowest BCUT2D eigenvalue weighted by molar-refractivity contribution is -0.194. The van der Waals surface area contributed by atoms with Crippen LogP contribution in [0.3, 0.4) is 0 Å². The van der Waals surface area contributed by atoms with Crippen LogP contribution in [0, 0.1) is 5.92 Å². The van der Waals surface area contributed by atoms with Crippen molar-refractivity contribution >= 4 is 17.9 Å². The Labute approximate surface area is 181 Å². The SMILES string of the molecule is CC(C(=O)OCCCCOc1ccc(C(=O)Oc2ccc(C(=O)O)cc2)cc1)C(F)(F)F. The predicted octanol–water partition coefficient (Wildman–Crippen LogP) is 4.50. The maximum Gasteiger partial charge on any atom is 0.401 e. The summed E-state index contributed by atoms with van der Waals surface area (Å²) in [6.07, 6.45) is -3.84. The van der Waals surface area contributed by atoms with Crippen molar-refractivity contribution in [3.63, 3.8) is 0 Å². The molecule has 1 unspecified atom stereocenters. The van der Waals surface area contributed by atoms with Crippen LogP contribution in [0.2, 0.25) is 0 Å². The Bertz CT molecular complexity index is 922. The molecule has 0 heterocycles. The minimum absolute atomic E-state index is 0.0697. The summed E-state index contributed by atoms with van der Waals surface area (Å²) in [5.41, 5.74) is 0.325. The van der Waals surface area contributed by atoms with E-state index < -0.39 is 30.0 Å². The fourth-order valence-electron chi connectivity index (χ4n) is 2.34. The van der Waals surface area contributed by atoms with Crippen LogP contribution in [0.15, 0.2) is 48.5 Å². The molecule has 0 aliphatic carbocycles. The van der Waals surface area contributed by atoms with Gasteiger partial charge in [0, 0.05) is 0 Å². The van der Waals surface area contributed by atoms with Crippen LogP contribution in [-0.4, -0.2) is 42.4 Å². The first kappa shape index (κ1) is 24.7. The second kappa shape index (κ2) is 11.2. The molecule has 10 heteroatoms. The minimum Gasteiger partial charge on any atom is -0.494 e. The number of hydrogen-bond acceptors (Lipinski definition) is 6. The first-order valence-electron chi connectivity index (χ1n) is 9.59. The Morgan fingerprint density at radius 3 is 1.97 bits per heavy atom. The molecule has 0 saturated heterocycles. The molecular formula is C22H21F3O7. The van der Waals surface area contributed by atoms with Gasteiger partial charge in [0.1, 0.15) is 17.4 Å². The van der Waals surface area contributed by atoms with Crippen molar-refractivity contribution in [3.05, 3.63) is 59.7 Å². The Morgan fingerprint density at radius 2 is 1.41 bits per heavy atom. The van der Waals surface area contributed by atoms with E-state index in [9.17, 15) is 27.6 Å². The topological polar surface area (TPSA) is 99.1 Å². The number of benzene rings is 2. The summed E-state index contributed by atoms with van der Waals surface area (Å²) < 4.78 is 52.4. The molecular weight excluding hydrogens is 433 g/mol. The van der Waals surface area contributed by atoms with Gasteiger partial charge in [-0.2, -0.15) is 13.2 Å². The van der Waals surface area contributed by atoms with Gasteiger partial charge < -0.3 is 19.3 Å². The van der Waals surface area contributed by atoms with E-state index in [1.807, 2.05) is 0 Å². The number of alkyl halides is 3. The van der Waals surface area contributed by atoms with Gasteiger partial charge in [0.2, 0.25) is 0 Å². The normalized spacial score (nSPS) is 12.0. The van der Waals surface area contributed by atoms with Crippen LogP contribution in [0.25, 0.3) is 0 Å². The smallest absolute Gasteiger partial charge is 0.401 e. The Kier molecular flexibility index (Phi) is 8.62. The molecule has 0 spiro atoms. The van der Waals surface area contributed by atoms with Gasteiger partial charge in [-0.25, -0.2) is 9.59 Å². The predicted molar refractivity (Wildman–Crippen MR) is 106 cm³/mol. The average Bonchev–Trinajstić information content (AvgIpc) is 2.75. The molecule has 0 aliphatic rings. The summed E-state index contributed by atoms with van der Waals surface area (Å²) in [5.74, 6) is -4.52. The third-order valence-corrected chi connectivity index (χ3v) is 4.30. The van der Waals surface area contributed by atoms with Crippen molar-refractivity contribution in [2.45, 2.75) is 25.9 Å². The number of aromatic carboxylic acids is 1. The Morgan fingerprint density at radius 1 is 0.875 bits per heavy atom. The van der Waals surface area contributed by atoms with Gasteiger partial charge in [0.15, 0.2) is 0 Å².